The van der Waals surface area contributed by atoms with E-state index in [4.69, 9.17) is 0 Å². The van der Waals surface area contributed by atoms with Gasteiger partial charge in [-0.15, -0.1) is 0 Å². The predicted octanol–water partition coefficient (Wildman–Crippen LogP) is 2.13. The molecule has 1 atom stereocenters. The molecule has 0 saturated carbocycles. The molecule has 0 unspecified atom stereocenters. The molecule has 0 bridgehead atoms. The first-order chi connectivity index (χ1) is 12.7. The van der Waals surface area contributed by atoms with Gasteiger partial charge < -0.3 is 14.8 Å². The molecule has 2 saturated heterocycles. The second kappa shape index (κ2) is 7.32. The largest absolute Gasteiger partial charge is 0.348 e. The lowest BCUT2D eigenvalue weighted by Crippen LogP contribution is -2.44. The molecule has 0 radical (unpaired) electrons. The van der Waals surface area contributed by atoms with Crippen LogP contribution in [-0.2, 0) is 9.59 Å². The van der Waals surface area contributed by atoms with Gasteiger partial charge in [-0.25, -0.2) is 4.98 Å². The van der Waals surface area contributed by atoms with Crippen molar-refractivity contribution in [1.82, 2.24) is 19.8 Å². The summed E-state index contributed by atoms with van der Waals surface area (Å²) in [6.45, 7) is 2.30. The van der Waals surface area contributed by atoms with Gasteiger partial charge in [-0.05, 0) is 18.4 Å². The van der Waals surface area contributed by atoms with E-state index in [1.807, 2.05) is 29.3 Å². The van der Waals surface area contributed by atoms with Crippen LogP contribution in [0.25, 0.3) is 0 Å². The highest BCUT2D eigenvalue weighted by atomic mass is 16.2. The standard InChI is InChI=1S/C20H24N4O2/c25-18-12-17(15-4-2-1-3-5-15)13-24(18)14-19(26)23-10-6-16(7-11-23)20-21-8-9-22-20/h1-5,8-9,16-17H,6-7,10-14H2,(H,21,22)/t17-/m0/s1. The summed E-state index contributed by atoms with van der Waals surface area (Å²) in [5, 5.41) is 0. The number of rotatable bonds is 4. The summed E-state index contributed by atoms with van der Waals surface area (Å²) in [4.78, 5) is 36.1. The second-order valence-electron chi connectivity index (χ2n) is 7.22. The predicted molar refractivity (Wildman–Crippen MR) is 97.5 cm³/mol. The number of carbonyl (C=O) groups excluding carboxylic acids is 2. The normalized spacial score (nSPS) is 21.4. The van der Waals surface area contributed by atoms with Crippen LogP contribution in [0.5, 0.6) is 0 Å². The number of nitrogens with one attached hydrogen (secondary N) is 1. The lowest BCUT2D eigenvalue weighted by Gasteiger charge is -2.32. The van der Waals surface area contributed by atoms with E-state index in [0.29, 0.717) is 18.9 Å². The Balaban J connectivity index is 1.30. The van der Waals surface area contributed by atoms with Crippen LogP contribution in [-0.4, -0.2) is 57.8 Å². The number of amides is 2. The minimum atomic E-state index is 0.0601. The summed E-state index contributed by atoms with van der Waals surface area (Å²) >= 11 is 0. The fraction of sp³-hybridized carbons (Fsp3) is 0.450. The quantitative estimate of drug-likeness (QED) is 0.916. The molecule has 4 rings (SSSR count). The van der Waals surface area contributed by atoms with Crippen molar-refractivity contribution in [2.24, 2.45) is 0 Å². The van der Waals surface area contributed by atoms with Gasteiger partial charge >= 0.3 is 0 Å². The minimum absolute atomic E-state index is 0.0601. The van der Waals surface area contributed by atoms with Crippen molar-refractivity contribution in [3.63, 3.8) is 0 Å². The van der Waals surface area contributed by atoms with E-state index in [-0.39, 0.29) is 24.3 Å². The molecule has 26 heavy (non-hydrogen) atoms. The molecule has 2 amide bonds. The Morgan fingerprint density at radius 2 is 1.92 bits per heavy atom. The average molecular weight is 352 g/mol. The third kappa shape index (κ3) is 3.49. The third-order valence-electron chi connectivity index (χ3n) is 5.57. The average Bonchev–Trinajstić information content (AvgIpc) is 3.33. The molecule has 1 N–H and O–H groups in total. The van der Waals surface area contributed by atoms with Crippen molar-refractivity contribution in [3.05, 3.63) is 54.1 Å². The van der Waals surface area contributed by atoms with Crippen molar-refractivity contribution in [2.75, 3.05) is 26.2 Å². The number of nitrogens with zero attached hydrogens (tertiary/aromatic N) is 3. The van der Waals surface area contributed by atoms with Gasteiger partial charge in [0.2, 0.25) is 11.8 Å². The number of hydrogen-bond donors (Lipinski definition) is 1. The summed E-state index contributed by atoms with van der Waals surface area (Å²) in [7, 11) is 0. The van der Waals surface area contributed by atoms with E-state index in [2.05, 4.69) is 22.1 Å². The van der Waals surface area contributed by atoms with Crippen molar-refractivity contribution in [2.45, 2.75) is 31.1 Å². The van der Waals surface area contributed by atoms with Crippen LogP contribution in [0.1, 0.15) is 42.5 Å². The molecule has 0 spiro atoms. The first kappa shape index (κ1) is 16.8. The van der Waals surface area contributed by atoms with Gasteiger partial charge in [-0.1, -0.05) is 30.3 Å². The van der Waals surface area contributed by atoms with E-state index < -0.39 is 0 Å². The first-order valence-corrected chi connectivity index (χ1v) is 9.30. The summed E-state index contributed by atoms with van der Waals surface area (Å²) in [6, 6.07) is 10.1. The molecule has 6 heteroatoms. The first-order valence-electron chi connectivity index (χ1n) is 9.30. The number of H-pyrrole nitrogens is 1. The van der Waals surface area contributed by atoms with Crippen LogP contribution in [0.15, 0.2) is 42.7 Å². The fourth-order valence-electron chi connectivity index (χ4n) is 4.04. The van der Waals surface area contributed by atoms with E-state index in [1.165, 1.54) is 5.56 Å². The monoisotopic (exact) mass is 352 g/mol. The maximum absolute atomic E-state index is 12.6. The Morgan fingerprint density at radius 3 is 2.62 bits per heavy atom. The SMILES string of the molecule is O=C(CN1C[C@@H](c2ccccc2)CC1=O)N1CCC(c2ncc[nH]2)CC1. The molecule has 2 aliphatic rings. The number of piperidine rings is 1. The van der Waals surface area contributed by atoms with Gasteiger partial charge in [-0.3, -0.25) is 9.59 Å². The number of aromatic nitrogens is 2. The van der Waals surface area contributed by atoms with E-state index in [1.54, 1.807) is 11.1 Å². The Hall–Kier alpha value is -2.63. The van der Waals surface area contributed by atoms with Gasteiger partial charge in [0.25, 0.3) is 0 Å². The van der Waals surface area contributed by atoms with Crippen LogP contribution in [0, 0.1) is 0 Å². The molecule has 1 aromatic carbocycles. The highest BCUT2D eigenvalue weighted by Crippen LogP contribution is 2.29. The number of hydrogen-bond acceptors (Lipinski definition) is 3. The molecule has 1 aromatic heterocycles. The lowest BCUT2D eigenvalue weighted by molar-refractivity contribution is -0.139. The van der Waals surface area contributed by atoms with E-state index in [9.17, 15) is 9.59 Å². The Kier molecular flexibility index (Phi) is 4.73. The van der Waals surface area contributed by atoms with Crippen molar-refractivity contribution < 1.29 is 9.59 Å². The Morgan fingerprint density at radius 1 is 1.15 bits per heavy atom. The number of likely N-dealkylation sites (tertiary alicyclic amines) is 2. The third-order valence-corrected chi connectivity index (χ3v) is 5.57. The minimum Gasteiger partial charge on any atom is -0.348 e. The molecule has 3 heterocycles. The second-order valence-corrected chi connectivity index (χ2v) is 7.22. The van der Waals surface area contributed by atoms with Gasteiger partial charge in [0.1, 0.15) is 5.82 Å². The molecule has 0 aliphatic carbocycles. The Bertz CT molecular complexity index is 751. The van der Waals surface area contributed by atoms with Crippen molar-refractivity contribution in [3.8, 4) is 0 Å². The number of aromatic amines is 1. The molecule has 2 aromatic rings. The van der Waals surface area contributed by atoms with Gasteiger partial charge in [-0.2, -0.15) is 0 Å². The van der Waals surface area contributed by atoms with E-state index >= 15 is 0 Å². The molecule has 6 nitrogen and oxygen atoms in total. The molecule has 136 valence electrons. The summed E-state index contributed by atoms with van der Waals surface area (Å²) in [5.41, 5.74) is 1.18. The number of imidazole rings is 1. The smallest absolute Gasteiger partial charge is 0.242 e. The Labute approximate surface area is 153 Å². The fourth-order valence-corrected chi connectivity index (χ4v) is 4.04. The van der Waals surface area contributed by atoms with Gasteiger partial charge in [0.05, 0.1) is 6.54 Å². The molecular weight excluding hydrogens is 328 g/mol. The van der Waals surface area contributed by atoms with Crippen LogP contribution in [0.3, 0.4) is 0 Å². The van der Waals surface area contributed by atoms with Gasteiger partial charge in [0.15, 0.2) is 0 Å². The zero-order chi connectivity index (χ0) is 17.9. The highest BCUT2D eigenvalue weighted by Gasteiger charge is 2.33. The van der Waals surface area contributed by atoms with Crippen LogP contribution in [0.2, 0.25) is 0 Å². The summed E-state index contributed by atoms with van der Waals surface area (Å²) in [6.07, 6.45) is 5.95. The van der Waals surface area contributed by atoms with Crippen molar-refractivity contribution in [1.29, 1.82) is 0 Å². The van der Waals surface area contributed by atoms with Crippen LogP contribution in [0.4, 0.5) is 0 Å². The summed E-state index contributed by atoms with van der Waals surface area (Å²) < 4.78 is 0. The summed E-state index contributed by atoms with van der Waals surface area (Å²) in [5.74, 6) is 1.74. The zero-order valence-corrected chi connectivity index (χ0v) is 14.8. The molecule has 2 fully saturated rings. The molecule has 2 aliphatic heterocycles. The number of carbonyl (C=O) groups is 2. The van der Waals surface area contributed by atoms with Gasteiger partial charge in [0, 0.05) is 50.3 Å². The van der Waals surface area contributed by atoms with E-state index in [0.717, 1.165) is 31.8 Å². The zero-order valence-electron chi connectivity index (χ0n) is 14.8. The lowest BCUT2D eigenvalue weighted by atomic mass is 9.96. The van der Waals surface area contributed by atoms with Crippen LogP contribution >= 0.6 is 0 Å². The van der Waals surface area contributed by atoms with Crippen LogP contribution < -0.4 is 0 Å². The van der Waals surface area contributed by atoms with Crippen molar-refractivity contribution >= 4 is 11.8 Å². The maximum Gasteiger partial charge on any atom is 0.242 e. The number of benzene rings is 1. The maximum atomic E-state index is 12.6. The molecular formula is C20H24N4O2. The topological polar surface area (TPSA) is 69.3 Å². The highest BCUT2D eigenvalue weighted by molar-refractivity contribution is 5.86.